The van der Waals surface area contributed by atoms with E-state index in [1.165, 1.54) is 4.57 Å². The van der Waals surface area contributed by atoms with Gasteiger partial charge < -0.3 is 9.64 Å². The van der Waals surface area contributed by atoms with Crippen molar-refractivity contribution in [3.8, 4) is 0 Å². The molecule has 1 atom stereocenters. The summed E-state index contributed by atoms with van der Waals surface area (Å²) >= 11 is 0. The van der Waals surface area contributed by atoms with Crippen LogP contribution in [0.3, 0.4) is 0 Å². The van der Waals surface area contributed by atoms with Gasteiger partial charge in [-0.15, -0.1) is 0 Å². The van der Waals surface area contributed by atoms with Gasteiger partial charge in [0.15, 0.2) is 0 Å². The quantitative estimate of drug-likeness (QED) is 0.780. The van der Waals surface area contributed by atoms with Crippen molar-refractivity contribution < 1.29 is 14.3 Å². The van der Waals surface area contributed by atoms with Gasteiger partial charge in [0, 0.05) is 31.2 Å². The molecule has 7 nitrogen and oxygen atoms in total. The SMILES string of the molecule is CCOC(=O)[C@@H]1CCCN(C(=O)c2cc3cccnc3n(CC)c2=O)C1. The molecule has 0 bridgehead atoms. The van der Waals surface area contributed by atoms with Crippen LogP contribution in [-0.2, 0) is 16.1 Å². The van der Waals surface area contributed by atoms with Gasteiger partial charge in [-0.3, -0.25) is 19.0 Å². The van der Waals surface area contributed by atoms with Gasteiger partial charge in [-0.05, 0) is 44.9 Å². The summed E-state index contributed by atoms with van der Waals surface area (Å²) in [5.41, 5.74) is 0.346. The van der Waals surface area contributed by atoms with Gasteiger partial charge in [-0.1, -0.05) is 0 Å². The maximum absolute atomic E-state index is 13.0. The van der Waals surface area contributed by atoms with Crippen molar-refractivity contribution in [3.63, 3.8) is 0 Å². The van der Waals surface area contributed by atoms with Gasteiger partial charge in [0.1, 0.15) is 11.2 Å². The molecule has 138 valence electrons. The largest absolute Gasteiger partial charge is 0.466 e. The van der Waals surface area contributed by atoms with E-state index >= 15 is 0 Å². The molecule has 1 amide bonds. The van der Waals surface area contributed by atoms with Crippen molar-refractivity contribution >= 4 is 22.9 Å². The summed E-state index contributed by atoms with van der Waals surface area (Å²) in [6.07, 6.45) is 3.04. The number of carbonyl (C=O) groups excluding carboxylic acids is 2. The molecule has 0 aromatic carbocycles. The molecule has 0 saturated carbocycles. The molecule has 0 N–H and O–H groups in total. The van der Waals surface area contributed by atoms with Crippen LogP contribution in [0.25, 0.3) is 11.0 Å². The van der Waals surface area contributed by atoms with Crippen molar-refractivity contribution in [3.05, 3.63) is 40.3 Å². The first-order valence-corrected chi connectivity index (χ1v) is 9.01. The molecule has 0 radical (unpaired) electrons. The van der Waals surface area contributed by atoms with E-state index in [1.54, 1.807) is 30.2 Å². The minimum absolute atomic E-state index is 0.122. The fourth-order valence-corrected chi connectivity index (χ4v) is 3.44. The molecule has 1 fully saturated rings. The highest BCUT2D eigenvalue weighted by Gasteiger charge is 2.31. The predicted molar refractivity (Wildman–Crippen MR) is 96.9 cm³/mol. The number of nitrogens with zero attached hydrogens (tertiary/aromatic N) is 3. The van der Waals surface area contributed by atoms with Gasteiger partial charge >= 0.3 is 5.97 Å². The standard InChI is InChI=1S/C19H23N3O4/c1-3-22-16-13(7-5-9-20-16)11-15(18(22)24)17(23)21-10-6-8-14(12-21)19(25)26-4-2/h5,7,9,11,14H,3-4,6,8,10,12H2,1-2H3/t14-/m1/s1. The van der Waals surface area contributed by atoms with Crippen molar-refractivity contribution in [1.29, 1.82) is 0 Å². The number of pyridine rings is 2. The van der Waals surface area contributed by atoms with Crippen LogP contribution in [0.15, 0.2) is 29.2 Å². The van der Waals surface area contributed by atoms with Gasteiger partial charge in [-0.25, -0.2) is 4.98 Å². The first kappa shape index (κ1) is 18.1. The number of amides is 1. The van der Waals surface area contributed by atoms with E-state index < -0.39 is 0 Å². The molecule has 2 aromatic heterocycles. The smallest absolute Gasteiger partial charge is 0.310 e. The number of aryl methyl sites for hydroxylation is 1. The monoisotopic (exact) mass is 357 g/mol. The van der Waals surface area contributed by atoms with Crippen molar-refractivity contribution in [2.75, 3.05) is 19.7 Å². The van der Waals surface area contributed by atoms with Crippen molar-refractivity contribution in [2.45, 2.75) is 33.2 Å². The van der Waals surface area contributed by atoms with Crippen LogP contribution < -0.4 is 5.56 Å². The Morgan fingerprint density at radius 3 is 2.88 bits per heavy atom. The van der Waals surface area contributed by atoms with Crippen LogP contribution in [0.2, 0.25) is 0 Å². The second-order valence-electron chi connectivity index (χ2n) is 6.37. The summed E-state index contributed by atoms with van der Waals surface area (Å²) in [4.78, 5) is 43.7. The van der Waals surface area contributed by atoms with E-state index in [-0.39, 0.29) is 35.5 Å². The number of likely N-dealkylation sites (tertiary alicyclic amines) is 1. The Morgan fingerprint density at radius 2 is 2.15 bits per heavy atom. The van der Waals surface area contributed by atoms with Crippen LogP contribution in [-0.4, -0.2) is 46.0 Å². The molecule has 1 saturated heterocycles. The van der Waals surface area contributed by atoms with Crippen molar-refractivity contribution in [1.82, 2.24) is 14.5 Å². The lowest BCUT2D eigenvalue weighted by Crippen LogP contribution is -2.44. The van der Waals surface area contributed by atoms with Gasteiger partial charge in [0.2, 0.25) is 0 Å². The molecule has 1 aliphatic heterocycles. The third kappa shape index (κ3) is 3.34. The van der Waals surface area contributed by atoms with E-state index in [4.69, 9.17) is 4.74 Å². The molecule has 0 spiro atoms. The van der Waals surface area contributed by atoms with Crippen LogP contribution in [0.5, 0.6) is 0 Å². The molecule has 3 heterocycles. The lowest BCUT2D eigenvalue weighted by atomic mass is 9.97. The summed E-state index contributed by atoms with van der Waals surface area (Å²) in [6, 6.07) is 5.22. The molecule has 0 unspecified atom stereocenters. The zero-order valence-corrected chi connectivity index (χ0v) is 15.1. The predicted octanol–water partition coefficient (Wildman–Crippen LogP) is 1.83. The lowest BCUT2D eigenvalue weighted by Gasteiger charge is -2.31. The third-order valence-corrected chi connectivity index (χ3v) is 4.72. The molecule has 3 rings (SSSR count). The fourth-order valence-electron chi connectivity index (χ4n) is 3.44. The van der Waals surface area contributed by atoms with E-state index in [2.05, 4.69) is 4.98 Å². The first-order chi connectivity index (χ1) is 12.6. The topological polar surface area (TPSA) is 81.5 Å². The molecular formula is C19H23N3O4. The molecule has 0 aliphatic carbocycles. The van der Waals surface area contributed by atoms with E-state index in [0.717, 1.165) is 5.39 Å². The summed E-state index contributed by atoms with van der Waals surface area (Å²) in [5, 5.41) is 0.747. The summed E-state index contributed by atoms with van der Waals surface area (Å²) in [6.45, 7) is 5.18. The number of carbonyl (C=O) groups is 2. The van der Waals surface area contributed by atoms with E-state index in [1.807, 2.05) is 13.0 Å². The van der Waals surface area contributed by atoms with Gasteiger partial charge in [0.05, 0.1) is 12.5 Å². The Hall–Kier alpha value is -2.70. The van der Waals surface area contributed by atoms with Gasteiger partial charge in [0.25, 0.3) is 11.5 Å². The number of esters is 1. The normalized spacial score (nSPS) is 17.3. The average Bonchev–Trinajstić information content (AvgIpc) is 2.67. The number of rotatable bonds is 4. The second-order valence-corrected chi connectivity index (χ2v) is 6.37. The minimum Gasteiger partial charge on any atom is -0.466 e. The number of fused-ring (bicyclic) bond motifs is 1. The Balaban J connectivity index is 1.93. The average molecular weight is 357 g/mol. The van der Waals surface area contributed by atoms with Crippen LogP contribution >= 0.6 is 0 Å². The fraction of sp³-hybridized carbons (Fsp3) is 0.474. The number of ether oxygens (including phenoxy) is 1. The van der Waals surface area contributed by atoms with Crippen LogP contribution in [0.4, 0.5) is 0 Å². The highest BCUT2D eigenvalue weighted by molar-refractivity contribution is 5.97. The zero-order chi connectivity index (χ0) is 18.7. The van der Waals surface area contributed by atoms with E-state index in [0.29, 0.717) is 38.2 Å². The molecule has 2 aromatic rings. The molecular weight excluding hydrogens is 334 g/mol. The lowest BCUT2D eigenvalue weighted by molar-refractivity contribution is -0.149. The zero-order valence-electron chi connectivity index (χ0n) is 15.1. The van der Waals surface area contributed by atoms with Crippen molar-refractivity contribution in [2.24, 2.45) is 5.92 Å². The number of piperidine rings is 1. The minimum atomic E-state index is -0.345. The highest BCUT2D eigenvalue weighted by atomic mass is 16.5. The number of hydrogen-bond acceptors (Lipinski definition) is 5. The summed E-state index contributed by atoms with van der Waals surface area (Å²) in [7, 11) is 0. The second kappa shape index (κ2) is 7.68. The summed E-state index contributed by atoms with van der Waals surface area (Å²) in [5.74, 6) is -0.946. The van der Waals surface area contributed by atoms with Crippen LogP contribution in [0, 0.1) is 5.92 Å². The molecule has 26 heavy (non-hydrogen) atoms. The van der Waals surface area contributed by atoms with Gasteiger partial charge in [-0.2, -0.15) is 0 Å². The Bertz CT molecular complexity index is 890. The third-order valence-electron chi connectivity index (χ3n) is 4.72. The molecule has 7 heteroatoms. The number of hydrogen-bond donors (Lipinski definition) is 0. The Kier molecular flexibility index (Phi) is 5.35. The Labute approximate surface area is 151 Å². The summed E-state index contributed by atoms with van der Waals surface area (Å²) < 4.78 is 6.59. The maximum atomic E-state index is 13.0. The maximum Gasteiger partial charge on any atom is 0.310 e. The Morgan fingerprint density at radius 1 is 1.35 bits per heavy atom. The van der Waals surface area contributed by atoms with E-state index in [9.17, 15) is 14.4 Å². The first-order valence-electron chi connectivity index (χ1n) is 9.01. The highest BCUT2D eigenvalue weighted by Crippen LogP contribution is 2.20. The van der Waals surface area contributed by atoms with Crippen LogP contribution in [0.1, 0.15) is 37.0 Å². The number of aromatic nitrogens is 2. The molecule has 1 aliphatic rings.